The number of amides is 1. The molecule has 1 atom stereocenters. The summed E-state index contributed by atoms with van der Waals surface area (Å²) < 4.78 is 0. The maximum Gasteiger partial charge on any atom is 0.251 e. The van der Waals surface area contributed by atoms with Gasteiger partial charge in [0.1, 0.15) is 0 Å². The number of rotatable bonds is 4. The summed E-state index contributed by atoms with van der Waals surface area (Å²) in [5.41, 5.74) is 0.686. The van der Waals surface area contributed by atoms with E-state index < -0.39 is 0 Å². The van der Waals surface area contributed by atoms with Gasteiger partial charge in [0.2, 0.25) is 0 Å². The molecular formula is C15H22N2OS. The van der Waals surface area contributed by atoms with Gasteiger partial charge in [-0.2, -0.15) is 0 Å². The number of likely N-dealkylation sites (tertiary alicyclic amines) is 1. The highest BCUT2D eigenvalue weighted by Gasteiger charge is 2.24. The van der Waals surface area contributed by atoms with Gasteiger partial charge in [0.05, 0.1) is 0 Å². The second kappa shape index (κ2) is 6.44. The van der Waals surface area contributed by atoms with E-state index in [0.29, 0.717) is 17.5 Å². The number of hydrogen-bond acceptors (Lipinski definition) is 3. The van der Waals surface area contributed by atoms with Crippen LogP contribution in [0.3, 0.4) is 0 Å². The van der Waals surface area contributed by atoms with Gasteiger partial charge in [0, 0.05) is 29.6 Å². The number of benzene rings is 1. The second-order valence-electron chi connectivity index (χ2n) is 5.50. The van der Waals surface area contributed by atoms with Crippen LogP contribution in [0.25, 0.3) is 0 Å². The van der Waals surface area contributed by atoms with Gasteiger partial charge >= 0.3 is 0 Å². The number of carbonyl (C=O) groups excluding carboxylic acids is 1. The largest absolute Gasteiger partial charge is 0.352 e. The maximum atomic E-state index is 12.0. The smallest absolute Gasteiger partial charge is 0.251 e. The van der Waals surface area contributed by atoms with Gasteiger partial charge in [-0.05, 0) is 50.9 Å². The fraction of sp³-hybridized carbons (Fsp3) is 0.533. The molecule has 1 saturated heterocycles. The normalized spacial score (nSPS) is 19.9. The molecular weight excluding hydrogens is 256 g/mol. The van der Waals surface area contributed by atoms with E-state index in [1.807, 2.05) is 18.2 Å². The van der Waals surface area contributed by atoms with Gasteiger partial charge in [0.25, 0.3) is 5.91 Å². The Morgan fingerprint density at radius 3 is 2.95 bits per heavy atom. The molecule has 1 heterocycles. The minimum absolute atomic E-state index is 0.00102. The minimum atomic E-state index is -0.00102. The lowest BCUT2D eigenvalue weighted by atomic mass is 10.1. The molecule has 0 aliphatic carbocycles. The Morgan fingerprint density at radius 1 is 1.53 bits per heavy atom. The summed E-state index contributed by atoms with van der Waals surface area (Å²) in [5.74, 6) is 0.574. The van der Waals surface area contributed by atoms with Gasteiger partial charge in [-0.3, -0.25) is 4.79 Å². The Bertz CT molecular complexity index is 448. The van der Waals surface area contributed by atoms with Crippen molar-refractivity contribution < 1.29 is 4.79 Å². The fourth-order valence-electron chi connectivity index (χ4n) is 2.48. The average Bonchev–Trinajstić information content (AvgIpc) is 2.85. The van der Waals surface area contributed by atoms with Crippen molar-refractivity contribution in [2.24, 2.45) is 5.92 Å². The van der Waals surface area contributed by atoms with Crippen molar-refractivity contribution in [3.8, 4) is 0 Å². The molecule has 2 rings (SSSR count). The summed E-state index contributed by atoms with van der Waals surface area (Å²) in [4.78, 5) is 15.3. The van der Waals surface area contributed by atoms with E-state index in [1.54, 1.807) is 6.07 Å². The molecule has 1 aliphatic rings. The SMILES string of the molecule is CC(C)N1CCC(CNC(=O)c2cccc(S)c2)C1. The van der Waals surface area contributed by atoms with Crippen molar-refractivity contribution in [2.45, 2.75) is 31.2 Å². The van der Waals surface area contributed by atoms with Gasteiger partial charge in [-0.25, -0.2) is 0 Å². The Morgan fingerprint density at radius 2 is 2.32 bits per heavy atom. The van der Waals surface area contributed by atoms with Gasteiger partial charge < -0.3 is 10.2 Å². The van der Waals surface area contributed by atoms with Crippen LogP contribution in [0.1, 0.15) is 30.6 Å². The Balaban J connectivity index is 1.82. The summed E-state index contributed by atoms with van der Waals surface area (Å²) in [7, 11) is 0. The zero-order valence-corrected chi connectivity index (χ0v) is 12.5. The lowest BCUT2D eigenvalue weighted by Gasteiger charge is -2.20. The molecule has 0 aromatic heterocycles. The van der Waals surface area contributed by atoms with Crippen molar-refractivity contribution >= 4 is 18.5 Å². The molecule has 1 fully saturated rings. The van der Waals surface area contributed by atoms with Crippen LogP contribution in [0.2, 0.25) is 0 Å². The first-order valence-electron chi connectivity index (χ1n) is 6.87. The number of thiol groups is 1. The van der Waals surface area contributed by atoms with E-state index in [-0.39, 0.29) is 5.91 Å². The zero-order chi connectivity index (χ0) is 13.8. The molecule has 1 aromatic carbocycles. The van der Waals surface area contributed by atoms with Crippen LogP contribution in [0.5, 0.6) is 0 Å². The number of hydrogen-bond donors (Lipinski definition) is 2. The first-order chi connectivity index (χ1) is 9.06. The third-order valence-electron chi connectivity index (χ3n) is 3.71. The van der Waals surface area contributed by atoms with E-state index in [1.165, 1.54) is 6.42 Å². The first kappa shape index (κ1) is 14.4. The standard InChI is InChI=1S/C15H22N2OS/c1-11(2)17-7-6-12(10-17)9-16-15(18)13-4-3-5-14(19)8-13/h3-5,8,11-12,19H,6-7,9-10H2,1-2H3,(H,16,18). The summed E-state index contributed by atoms with van der Waals surface area (Å²) in [6.45, 7) is 7.44. The third-order valence-corrected chi connectivity index (χ3v) is 3.99. The summed E-state index contributed by atoms with van der Waals surface area (Å²) in [5, 5.41) is 3.03. The van der Waals surface area contributed by atoms with Crippen LogP contribution in [0.15, 0.2) is 29.2 Å². The molecule has 1 amide bonds. The van der Waals surface area contributed by atoms with E-state index in [4.69, 9.17) is 0 Å². The average molecular weight is 278 g/mol. The van der Waals surface area contributed by atoms with Crippen LogP contribution in [-0.4, -0.2) is 36.5 Å². The summed E-state index contributed by atoms with van der Waals surface area (Å²) >= 11 is 4.25. The minimum Gasteiger partial charge on any atom is -0.352 e. The van der Waals surface area contributed by atoms with Gasteiger partial charge in [-0.15, -0.1) is 12.6 Å². The van der Waals surface area contributed by atoms with Gasteiger partial charge in [-0.1, -0.05) is 6.07 Å². The van der Waals surface area contributed by atoms with E-state index in [0.717, 1.165) is 24.5 Å². The quantitative estimate of drug-likeness (QED) is 0.829. The van der Waals surface area contributed by atoms with Crippen LogP contribution in [0, 0.1) is 5.92 Å². The molecule has 1 aliphatic heterocycles. The molecule has 0 saturated carbocycles. The number of nitrogens with one attached hydrogen (secondary N) is 1. The van der Waals surface area contributed by atoms with Crippen LogP contribution in [0.4, 0.5) is 0 Å². The maximum absolute atomic E-state index is 12.0. The highest BCUT2D eigenvalue weighted by Crippen LogP contribution is 2.17. The molecule has 0 bridgehead atoms. The predicted octanol–water partition coefficient (Wildman–Crippen LogP) is 2.44. The van der Waals surface area contributed by atoms with E-state index in [9.17, 15) is 4.79 Å². The molecule has 1 N–H and O–H groups in total. The molecule has 3 nitrogen and oxygen atoms in total. The Labute approximate surface area is 120 Å². The lowest BCUT2D eigenvalue weighted by Crippen LogP contribution is -2.32. The molecule has 0 spiro atoms. The lowest BCUT2D eigenvalue weighted by molar-refractivity contribution is 0.0947. The van der Waals surface area contributed by atoms with Crippen LogP contribution >= 0.6 is 12.6 Å². The van der Waals surface area contributed by atoms with Gasteiger partial charge in [0.15, 0.2) is 0 Å². The Hall–Kier alpha value is -1.00. The van der Waals surface area contributed by atoms with Crippen molar-refractivity contribution in [1.82, 2.24) is 10.2 Å². The van der Waals surface area contributed by atoms with E-state index in [2.05, 4.69) is 36.7 Å². The molecule has 4 heteroatoms. The molecule has 19 heavy (non-hydrogen) atoms. The predicted molar refractivity (Wildman–Crippen MR) is 80.8 cm³/mol. The highest BCUT2D eigenvalue weighted by molar-refractivity contribution is 7.80. The number of nitrogens with zero attached hydrogens (tertiary/aromatic N) is 1. The molecule has 1 unspecified atom stereocenters. The third kappa shape index (κ3) is 3.98. The fourth-order valence-corrected chi connectivity index (χ4v) is 2.71. The van der Waals surface area contributed by atoms with Crippen molar-refractivity contribution in [3.63, 3.8) is 0 Å². The monoisotopic (exact) mass is 278 g/mol. The topological polar surface area (TPSA) is 32.3 Å². The number of carbonyl (C=O) groups is 1. The summed E-state index contributed by atoms with van der Waals surface area (Å²) in [6.07, 6.45) is 1.17. The highest BCUT2D eigenvalue weighted by atomic mass is 32.1. The second-order valence-corrected chi connectivity index (χ2v) is 6.02. The Kier molecular flexibility index (Phi) is 4.88. The van der Waals surface area contributed by atoms with E-state index >= 15 is 0 Å². The summed E-state index contributed by atoms with van der Waals surface area (Å²) in [6, 6.07) is 7.95. The zero-order valence-electron chi connectivity index (χ0n) is 11.6. The molecule has 1 aromatic rings. The molecule has 104 valence electrons. The van der Waals surface area contributed by atoms with Crippen molar-refractivity contribution in [1.29, 1.82) is 0 Å². The first-order valence-corrected chi connectivity index (χ1v) is 7.32. The molecule has 0 radical (unpaired) electrons. The van der Waals surface area contributed by atoms with Crippen LogP contribution < -0.4 is 5.32 Å². The van der Waals surface area contributed by atoms with Crippen LogP contribution in [-0.2, 0) is 0 Å². The van der Waals surface area contributed by atoms with Crippen molar-refractivity contribution in [2.75, 3.05) is 19.6 Å². The van der Waals surface area contributed by atoms with Crippen molar-refractivity contribution in [3.05, 3.63) is 29.8 Å².